The Labute approximate surface area is 372 Å². The highest BCUT2D eigenvalue weighted by Crippen LogP contribution is 2.47. The van der Waals surface area contributed by atoms with Crippen molar-refractivity contribution in [3.05, 3.63) is 236 Å². The maximum atomic E-state index is 6.92. The molecule has 0 atom stereocenters. The van der Waals surface area contributed by atoms with E-state index in [-0.39, 0.29) is 0 Å². The number of hydrogen-bond donors (Lipinski definition) is 0. The van der Waals surface area contributed by atoms with Crippen LogP contribution in [0.2, 0.25) is 0 Å². The zero-order chi connectivity index (χ0) is 42.7. The van der Waals surface area contributed by atoms with Crippen LogP contribution < -0.4 is 4.90 Å². The zero-order valence-corrected chi connectivity index (χ0v) is 35.7. The standard InChI is InChI=1S/C62H43NO/c1-40-19-23-45(24-20-40)61-57-36-31-49(39-58(57)64-62(61)46-25-21-41(2)22-26-46)60-55-17-9-7-15-53(55)59(54-16-8-10-18-56(54)60)44-29-32-50(33-30-44)63(51-34-27-42-11-3-5-13-47(42)37-51)52-35-28-43-12-4-6-14-48(43)38-52/h3-39H,1-2H3. The van der Waals surface area contributed by atoms with Crippen LogP contribution in [0.4, 0.5) is 17.1 Å². The van der Waals surface area contributed by atoms with E-state index in [0.717, 1.165) is 56.0 Å². The van der Waals surface area contributed by atoms with Crippen LogP contribution in [-0.4, -0.2) is 0 Å². The number of anilines is 3. The van der Waals surface area contributed by atoms with E-state index in [4.69, 9.17) is 4.42 Å². The Morgan fingerprint density at radius 2 is 0.703 bits per heavy atom. The molecule has 2 nitrogen and oxygen atoms in total. The summed E-state index contributed by atoms with van der Waals surface area (Å²) < 4.78 is 6.92. The Hall–Kier alpha value is -8.20. The van der Waals surface area contributed by atoms with Gasteiger partial charge in [-0.15, -0.1) is 0 Å². The average Bonchev–Trinajstić information content (AvgIpc) is 3.73. The SMILES string of the molecule is Cc1ccc(-c2oc3cc(-c4c5ccccc5c(-c5ccc(N(c6ccc7ccccc7c6)c6ccc7ccccc7c6)cc5)c5ccccc45)ccc3c2-c2ccc(C)cc2)cc1. The third kappa shape index (κ3) is 6.42. The molecule has 0 aliphatic carbocycles. The van der Waals surface area contributed by atoms with Crippen molar-refractivity contribution in [2.75, 3.05) is 4.90 Å². The minimum atomic E-state index is 0.874. The van der Waals surface area contributed by atoms with E-state index in [0.29, 0.717) is 0 Å². The number of benzene rings is 11. The van der Waals surface area contributed by atoms with Crippen molar-refractivity contribution in [3.8, 4) is 44.7 Å². The number of nitrogens with zero attached hydrogens (tertiary/aromatic N) is 1. The van der Waals surface area contributed by atoms with Crippen molar-refractivity contribution in [3.63, 3.8) is 0 Å². The molecule has 0 unspecified atom stereocenters. The summed E-state index contributed by atoms with van der Waals surface area (Å²) in [6.07, 6.45) is 0. The van der Waals surface area contributed by atoms with Gasteiger partial charge in [0.05, 0.1) is 0 Å². The Morgan fingerprint density at radius 3 is 1.23 bits per heavy atom. The maximum Gasteiger partial charge on any atom is 0.143 e. The lowest BCUT2D eigenvalue weighted by atomic mass is 9.85. The molecular weight excluding hydrogens is 775 g/mol. The third-order valence-corrected chi connectivity index (χ3v) is 13.0. The topological polar surface area (TPSA) is 16.4 Å². The molecule has 0 saturated heterocycles. The number of rotatable bonds is 7. The van der Waals surface area contributed by atoms with Crippen molar-refractivity contribution < 1.29 is 4.42 Å². The normalized spacial score (nSPS) is 11.6. The number of hydrogen-bond acceptors (Lipinski definition) is 2. The largest absolute Gasteiger partial charge is 0.455 e. The van der Waals surface area contributed by atoms with E-state index in [1.165, 1.54) is 70.9 Å². The van der Waals surface area contributed by atoms with E-state index in [2.05, 4.69) is 243 Å². The second-order valence-corrected chi connectivity index (χ2v) is 17.0. The van der Waals surface area contributed by atoms with Crippen LogP contribution in [0.15, 0.2) is 229 Å². The van der Waals surface area contributed by atoms with E-state index in [1.807, 2.05) is 0 Å². The van der Waals surface area contributed by atoms with E-state index in [1.54, 1.807) is 0 Å². The molecule has 12 rings (SSSR count). The van der Waals surface area contributed by atoms with Gasteiger partial charge in [0.25, 0.3) is 0 Å². The Balaban J connectivity index is 1.01. The van der Waals surface area contributed by atoms with Crippen molar-refractivity contribution in [2.24, 2.45) is 0 Å². The summed E-state index contributed by atoms with van der Waals surface area (Å²) in [6.45, 7) is 4.26. The van der Waals surface area contributed by atoms with Gasteiger partial charge in [-0.1, -0.05) is 187 Å². The molecule has 0 fully saturated rings. The van der Waals surface area contributed by atoms with Crippen LogP contribution in [0.25, 0.3) is 98.8 Å². The molecule has 11 aromatic carbocycles. The van der Waals surface area contributed by atoms with Gasteiger partial charge in [-0.05, 0) is 133 Å². The van der Waals surface area contributed by atoms with Crippen LogP contribution in [0.1, 0.15) is 11.1 Å². The molecule has 0 radical (unpaired) electrons. The second kappa shape index (κ2) is 15.3. The quantitative estimate of drug-likeness (QED) is 0.149. The number of furan rings is 1. The predicted molar refractivity (Wildman–Crippen MR) is 272 cm³/mol. The molecule has 0 aliphatic rings. The van der Waals surface area contributed by atoms with Crippen molar-refractivity contribution in [2.45, 2.75) is 13.8 Å². The first-order chi connectivity index (χ1) is 31.5. The van der Waals surface area contributed by atoms with E-state index >= 15 is 0 Å². The third-order valence-electron chi connectivity index (χ3n) is 13.0. The fourth-order valence-corrected chi connectivity index (χ4v) is 9.77. The fraction of sp³-hybridized carbons (Fsp3) is 0.0323. The molecule has 0 saturated carbocycles. The van der Waals surface area contributed by atoms with Gasteiger partial charge in [-0.25, -0.2) is 0 Å². The van der Waals surface area contributed by atoms with E-state index < -0.39 is 0 Å². The summed E-state index contributed by atoms with van der Waals surface area (Å²) in [5.41, 5.74) is 14.7. The molecule has 0 amide bonds. The summed E-state index contributed by atoms with van der Waals surface area (Å²) in [5, 5.41) is 10.8. The molecule has 0 bridgehead atoms. The Kier molecular flexibility index (Phi) is 8.98. The monoisotopic (exact) mass is 817 g/mol. The molecular formula is C62H43NO. The molecule has 0 aliphatic heterocycles. The van der Waals surface area contributed by atoms with Crippen LogP contribution >= 0.6 is 0 Å². The molecule has 0 spiro atoms. The summed E-state index contributed by atoms with van der Waals surface area (Å²) in [6, 6.07) is 81.8. The lowest BCUT2D eigenvalue weighted by Crippen LogP contribution is -2.09. The minimum Gasteiger partial charge on any atom is -0.455 e. The first-order valence-electron chi connectivity index (χ1n) is 22.1. The van der Waals surface area contributed by atoms with Crippen molar-refractivity contribution in [1.29, 1.82) is 0 Å². The first-order valence-corrected chi connectivity index (χ1v) is 22.1. The Bertz CT molecular complexity index is 3590. The molecule has 1 heterocycles. The van der Waals surface area contributed by atoms with Gasteiger partial charge in [0.1, 0.15) is 11.3 Å². The molecule has 0 N–H and O–H groups in total. The highest BCUT2D eigenvalue weighted by molar-refractivity contribution is 6.22. The fourth-order valence-electron chi connectivity index (χ4n) is 9.77. The number of fused-ring (bicyclic) bond motifs is 5. The summed E-state index contributed by atoms with van der Waals surface area (Å²) >= 11 is 0. The first kappa shape index (κ1) is 37.6. The highest BCUT2D eigenvalue weighted by Gasteiger charge is 2.22. The smallest absolute Gasteiger partial charge is 0.143 e. The van der Waals surface area contributed by atoms with Crippen LogP contribution in [0, 0.1) is 13.8 Å². The molecule has 64 heavy (non-hydrogen) atoms. The van der Waals surface area contributed by atoms with Crippen molar-refractivity contribution in [1.82, 2.24) is 0 Å². The summed E-state index contributed by atoms with van der Waals surface area (Å²) in [5.74, 6) is 0.893. The Morgan fingerprint density at radius 1 is 0.297 bits per heavy atom. The molecule has 302 valence electrons. The lowest BCUT2D eigenvalue weighted by molar-refractivity contribution is 0.632. The van der Waals surface area contributed by atoms with Gasteiger partial charge in [0.2, 0.25) is 0 Å². The van der Waals surface area contributed by atoms with Crippen LogP contribution in [0.3, 0.4) is 0 Å². The minimum absolute atomic E-state index is 0.874. The second-order valence-electron chi connectivity index (χ2n) is 17.0. The lowest BCUT2D eigenvalue weighted by Gasteiger charge is -2.26. The molecule has 12 aromatic rings. The van der Waals surface area contributed by atoms with E-state index in [9.17, 15) is 0 Å². The zero-order valence-electron chi connectivity index (χ0n) is 35.7. The van der Waals surface area contributed by atoms with Crippen LogP contribution in [-0.2, 0) is 0 Å². The highest BCUT2D eigenvalue weighted by atomic mass is 16.3. The van der Waals surface area contributed by atoms with Gasteiger partial charge in [-0.2, -0.15) is 0 Å². The van der Waals surface area contributed by atoms with Gasteiger partial charge in [0, 0.05) is 33.6 Å². The predicted octanol–water partition coefficient (Wildman–Crippen LogP) is 17.8. The maximum absolute atomic E-state index is 6.92. The molecule has 2 heteroatoms. The van der Waals surface area contributed by atoms with Crippen LogP contribution in [0.5, 0.6) is 0 Å². The average molecular weight is 818 g/mol. The molecule has 1 aromatic heterocycles. The summed E-state index contributed by atoms with van der Waals surface area (Å²) in [4.78, 5) is 2.38. The van der Waals surface area contributed by atoms with Gasteiger partial charge in [-0.3, -0.25) is 0 Å². The van der Waals surface area contributed by atoms with Gasteiger partial charge < -0.3 is 9.32 Å². The van der Waals surface area contributed by atoms with Crippen molar-refractivity contribution >= 4 is 71.1 Å². The van der Waals surface area contributed by atoms with Gasteiger partial charge in [0.15, 0.2) is 0 Å². The van der Waals surface area contributed by atoms with Gasteiger partial charge >= 0.3 is 0 Å². The number of aryl methyl sites for hydroxylation is 2. The summed E-state index contributed by atoms with van der Waals surface area (Å²) in [7, 11) is 0.